The van der Waals surface area contributed by atoms with E-state index in [1.54, 1.807) is 22.1 Å². The summed E-state index contributed by atoms with van der Waals surface area (Å²) < 4.78 is 16.4. The van der Waals surface area contributed by atoms with Crippen molar-refractivity contribution in [3.63, 3.8) is 0 Å². The number of nitrogens with zero attached hydrogens (tertiary/aromatic N) is 4. The molecule has 0 bridgehead atoms. The molecule has 0 spiro atoms. The number of halogens is 2. The van der Waals surface area contributed by atoms with Crippen LogP contribution in [-0.4, -0.2) is 52.4 Å². The highest BCUT2D eigenvalue weighted by Gasteiger charge is 2.33. The maximum Gasteiger partial charge on any atom is 0.257 e. The molecule has 3 heterocycles. The SMILES string of the molecule is Cl.Cn1ccnc1C1CNCCN1C(=O)c1cc(N2CCCC2=O)ccc1F. The normalized spacial score (nSPS) is 19.6. The van der Waals surface area contributed by atoms with E-state index < -0.39 is 5.82 Å². The molecule has 1 atom stereocenters. The van der Waals surface area contributed by atoms with Crippen molar-refractivity contribution in [3.8, 4) is 0 Å². The van der Waals surface area contributed by atoms with E-state index in [0.717, 1.165) is 12.2 Å². The summed E-state index contributed by atoms with van der Waals surface area (Å²) in [5.41, 5.74) is 0.569. The minimum Gasteiger partial charge on any atom is -0.336 e. The van der Waals surface area contributed by atoms with Gasteiger partial charge in [-0.1, -0.05) is 0 Å². The van der Waals surface area contributed by atoms with Crippen molar-refractivity contribution in [1.82, 2.24) is 19.8 Å². The second kappa shape index (κ2) is 8.28. The Bertz CT molecular complexity index is 887. The molecule has 1 N–H and O–H groups in total. The van der Waals surface area contributed by atoms with E-state index in [1.165, 1.54) is 12.1 Å². The van der Waals surface area contributed by atoms with Crippen LogP contribution in [-0.2, 0) is 11.8 Å². The van der Waals surface area contributed by atoms with E-state index in [-0.39, 0.29) is 35.8 Å². The number of imidazole rings is 1. The Morgan fingerprint density at radius 1 is 1.32 bits per heavy atom. The van der Waals surface area contributed by atoms with Gasteiger partial charge in [0.05, 0.1) is 5.56 Å². The summed E-state index contributed by atoms with van der Waals surface area (Å²) in [5.74, 6) is -0.196. The Morgan fingerprint density at radius 2 is 2.14 bits per heavy atom. The average molecular weight is 408 g/mol. The smallest absolute Gasteiger partial charge is 0.257 e. The number of benzene rings is 1. The number of anilines is 1. The largest absolute Gasteiger partial charge is 0.336 e. The predicted octanol–water partition coefficient (Wildman–Crippen LogP) is 1.89. The number of carbonyl (C=O) groups excluding carboxylic acids is 2. The molecule has 1 aromatic heterocycles. The van der Waals surface area contributed by atoms with E-state index in [1.807, 2.05) is 17.8 Å². The fraction of sp³-hybridized carbons (Fsp3) is 0.421. The summed E-state index contributed by atoms with van der Waals surface area (Å²) in [6.07, 6.45) is 4.78. The zero-order valence-corrected chi connectivity index (χ0v) is 16.4. The molecule has 9 heteroatoms. The molecule has 1 aromatic carbocycles. The number of amides is 2. The summed E-state index contributed by atoms with van der Waals surface area (Å²) >= 11 is 0. The molecule has 2 saturated heterocycles. The van der Waals surface area contributed by atoms with Crippen LogP contribution in [0.5, 0.6) is 0 Å². The van der Waals surface area contributed by atoms with Crippen LogP contribution in [0.25, 0.3) is 0 Å². The quantitative estimate of drug-likeness (QED) is 0.843. The summed E-state index contributed by atoms with van der Waals surface area (Å²) in [7, 11) is 1.87. The molecule has 2 aromatic rings. The van der Waals surface area contributed by atoms with Crippen LogP contribution in [0.1, 0.15) is 35.1 Å². The number of nitrogens with one attached hydrogen (secondary N) is 1. The molecule has 2 fully saturated rings. The van der Waals surface area contributed by atoms with Gasteiger partial charge < -0.3 is 19.7 Å². The fourth-order valence-electron chi connectivity index (χ4n) is 3.80. The summed E-state index contributed by atoms with van der Waals surface area (Å²) in [5, 5.41) is 3.27. The van der Waals surface area contributed by atoms with Crippen LogP contribution in [0.2, 0.25) is 0 Å². The van der Waals surface area contributed by atoms with Crippen molar-refractivity contribution in [2.45, 2.75) is 18.9 Å². The fourth-order valence-corrected chi connectivity index (χ4v) is 3.80. The number of piperazine rings is 1. The minimum absolute atomic E-state index is 0. The van der Waals surface area contributed by atoms with Gasteiger partial charge in [-0.2, -0.15) is 0 Å². The number of rotatable bonds is 3. The third-order valence-corrected chi connectivity index (χ3v) is 5.23. The predicted molar refractivity (Wildman–Crippen MR) is 105 cm³/mol. The van der Waals surface area contributed by atoms with Gasteiger partial charge in [0.25, 0.3) is 5.91 Å². The maximum absolute atomic E-state index is 14.5. The number of carbonyl (C=O) groups is 2. The standard InChI is InChI=1S/C19H22FN5O2.ClH/c1-23-9-7-22-18(23)16-12-21-6-10-25(16)19(27)14-11-13(4-5-15(14)20)24-8-2-3-17(24)26;/h4-5,7,9,11,16,21H,2-3,6,8,10,12H2,1H3;1H. The monoisotopic (exact) mass is 407 g/mol. The maximum atomic E-state index is 14.5. The molecule has 7 nitrogen and oxygen atoms in total. The molecule has 4 rings (SSSR count). The molecular weight excluding hydrogens is 385 g/mol. The van der Waals surface area contributed by atoms with E-state index >= 15 is 0 Å². The summed E-state index contributed by atoms with van der Waals surface area (Å²) in [6, 6.07) is 4.05. The van der Waals surface area contributed by atoms with Gasteiger partial charge >= 0.3 is 0 Å². The first-order valence-electron chi connectivity index (χ1n) is 9.15. The first-order chi connectivity index (χ1) is 13.1. The molecule has 0 radical (unpaired) electrons. The van der Waals surface area contributed by atoms with Crippen LogP contribution < -0.4 is 10.2 Å². The van der Waals surface area contributed by atoms with Crippen molar-refractivity contribution in [1.29, 1.82) is 0 Å². The van der Waals surface area contributed by atoms with Gasteiger partial charge in [0.1, 0.15) is 17.7 Å². The topological polar surface area (TPSA) is 70.5 Å². The zero-order valence-electron chi connectivity index (χ0n) is 15.6. The van der Waals surface area contributed by atoms with Gasteiger partial charge in [-0.05, 0) is 24.6 Å². The zero-order chi connectivity index (χ0) is 19.0. The van der Waals surface area contributed by atoms with E-state index in [0.29, 0.717) is 38.3 Å². The second-order valence-electron chi connectivity index (χ2n) is 6.93. The number of aromatic nitrogens is 2. The van der Waals surface area contributed by atoms with Crippen LogP contribution in [0.3, 0.4) is 0 Å². The lowest BCUT2D eigenvalue weighted by atomic mass is 10.1. The first-order valence-corrected chi connectivity index (χ1v) is 9.15. The van der Waals surface area contributed by atoms with Gasteiger partial charge in [-0.3, -0.25) is 9.59 Å². The minimum atomic E-state index is -0.576. The molecule has 0 aliphatic carbocycles. The van der Waals surface area contributed by atoms with E-state index in [4.69, 9.17) is 0 Å². The Kier molecular flexibility index (Phi) is 6.00. The highest BCUT2D eigenvalue weighted by Crippen LogP contribution is 2.27. The van der Waals surface area contributed by atoms with Gasteiger partial charge in [-0.15, -0.1) is 12.4 Å². The third kappa shape index (κ3) is 3.62. The Labute approximate surface area is 168 Å². The van der Waals surface area contributed by atoms with Crippen molar-refractivity contribution in [2.75, 3.05) is 31.1 Å². The van der Waals surface area contributed by atoms with Crippen molar-refractivity contribution < 1.29 is 14.0 Å². The molecule has 2 aliphatic rings. The van der Waals surface area contributed by atoms with Gasteiger partial charge in [0.15, 0.2) is 0 Å². The van der Waals surface area contributed by atoms with Gasteiger partial charge in [0, 0.05) is 57.7 Å². The van der Waals surface area contributed by atoms with Crippen LogP contribution in [0.15, 0.2) is 30.6 Å². The molecule has 28 heavy (non-hydrogen) atoms. The third-order valence-electron chi connectivity index (χ3n) is 5.23. The number of hydrogen-bond donors (Lipinski definition) is 1. The average Bonchev–Trinajstić information content (AvgIpc) is 3.30. The van der Waals surface area contributed by atoms with Crippen LogP contribution >= 0.6 is 12.4 Å². The second-order valence-corrected chi connectivity index (χ2v) is 6.93. The molecule has 2 aliphatic heterocycles. The van der Waals surface area contributed by atoms with Gasteiger partial charge in [0.2, 0.25) is 5.91 Å². The Morgan fingerprint density at radius 3 is 2.82 bits per heavy atom. The lowest BCUT2D eigenvalue weighted by molar-refractivity contribution is -0.117. The Balaban J connectivity index is 0.00000225. The van der Waals surface area contributed by atoms with Crippen molar-refractivity contribution in [2.24, 2.45) is 7.05 Å². The van der Waals surface area contributed by atoms with Gasteiger partial charge in [-0.25, -0.2) is 9.37 Å². The Hall–Kier alpha value is -2.45. The molecule has 150 valence electrons. The molecular formula is C19H23ClFN5O2. The number of hydrogen-bond acceptors (Lipinski definition) is 4. The molecule has 1 unspecified atom stereocenters. The van der Waals surface area contributed by atoms with E-state index in [9.17, 15) is 14.0 Å². The summed E-state index contributed by atoms with van der Waals surface area (Å²) in [4.78, 5) is 32.8. The van der Waals surface area contributed by atoms with Crippen molar-refractivity contribution in [3.05, 3.63) is 47.8 Å². The molecule has 2 amide bonds. The lowest BCUT2D eigenvalue weighted by Gasteiger charge is -2.36. The lowest BCUT2D eigenvalue weighted by Crippen LogP contribution is -2.49. The molecule has 0 saturated carbocycles. The highest BCUT2D eigenvalue weighted by atomic mass is 35.5. The highest BCUT2D eigenvalue weighted by molar-refractivity contribution is 5.99. The number of aryl methyl sites for hydroxylation is 1. The van der Waals surface area contributed by atoms with Crippen LogP contribution in [0.4, 0.5) is 10.1 Å². The van der Waals surface area contributed by atoms with Crippen LogP contribution in [0, 0.1) is 5.82 Å². The summed E-state index contributed by atoms with van der Waals surface area (Å²) in [6.45, 7) is 2.26. The van der Waals surface area contributed by atoms with Crippen molar-refractivity contribution >= 4 is 29.9 Å². The first kappa shape index (κ1) is 20.3. The van der Waals surface area contributed by atoms with E-state index in [2.05, 4.69) is 10.3 Å².